The second-order valence-electron chi connectivity index (χ2n) is 6.58. The van der Waals surface area contributed by atoms with E-state index in [4.69, 9.17) is 4.74 Å². The Hall–Kier alpha value is -3.07. The highest BCUT2D eigenvalue weighted by atomic mass is 32.1. The Kier molecular flexibility index (Phi) is 4.91. The number of amides is 1. The maximum Gasteiger partial charge on any atom is 0.312 e. The lowest BCUT2D eigenvalue weighted by Gasteiger charge is -2.10. The lowest BCUT2D eigenvalue weighted by Crippen LogP contribution is -2.23. The number of thiazole rings is 1. The van der Waals surface area contributed by atoms with Gasteiger partial charge in [-0.25, -0.2) is 9.97 Å². The van der Waals surface area contributed by atoms with Crippen molar-refractivity contribution in [2.75, 3.05) is 11.4 Å². The second kappa shape index (κ2) is 7.51. The van der Waals surface area contributed by atoms with Gasteiger partial charge in [0.2, 0.25) is 5.91 Å². The molecule has 4 rings (SSSR count). The zero-order valence-corrected chi connectivity index (χ0v) is 16.1. The lowest BCUT2D eigenvalue weighted by atomic mass is 10.3. The van der Waals surface area contributed by atoms with E-state index in [1.807, 2.05) is 13.0 Å². The molecule has 1 amide bonds. The number of nitrogens with zero attached hydrogens (tertiary/aromatic N) is 4. The fraction of sp³-hybridized carbons (Fsp3) is 0.316. The van der Waals surface area contributed by atoms with Crippen LogP contribution in [0.4, 0.5) is 5.13 Å². The van der Waals surface area contributed by atoms with Gasteiger partial charge in [-0.3, -0.25) is 23.7 Å². The summed E-state index contributed by atoms with van der Waals surface area (Å²) in [5.41, 5.74) is 2.14. The third kappa shape index (κ3) is 3.65. The van der Waals surface area contributed by atoms with Crippen LogP contribution in [0, 0.1) is 6.92 Å². The van der Waals surface area contributed by atoms with Gasteiger partial charge in [0.25, 0.3) is 5.56 Å². The van der Waals surface area contributed by atoms with Crippen LogP contribution in [0.25, 0.3) is 5.65 Å². The van der Waals surface area contributed by atoms with Gasteiger partial charge in [0.1, 0.15) is 12.3 Å². The molecule has 8 nitrogen and oxygen atoms in total. The van der Waals surface area contributed by atoms with Gasteiger partial charge in [-0.1, -0.05) is 6.07 Å². The predicted molar refractivity (Wildman–Crippen MR) is 103 cm³/mol. The van der Waals surface area contributed by atoms with Crippen molar-refractivity contribution in [3.63, 3.8) is 0 Å². The molecule has 0 atom stereocenters. The number of anilines is 1. The molecule has 1 aliphatic rings. The largest absolute Gasteiger partial charge is 0.459 e. The summed E-state index contributed by atoms with van der Waals surface area (Å²) < 4.78 is 6.72. The van der Waals surface area contributed by atoms with Crippen molar-refractivity contribution >= 4 is 34.0 Å². The number of hydrogen-bond acceptors (Lipinski definition) is 7. The summed E-state index contributed by atoms with van der Waals surface area (Å²) in [6.45, 7) is 2.45. The molecule has 1 fully saturated rings. The van der Waals surface area contributed by atoms with E-state index in [1.165, 1.54) is 21.8 Å². The Balaban J connectivity index is 1.40. The van der Waals surface area contributed by atoms with Crippen molar-refractivity contribution < 1.29 is 14.3 Å². The smallest absolute Gasteiger partial charge is 0.312 e. The van der Waals surface area contributed by atoms with Gasteiger partial charge >= 0.3 is 5.97 Å². The normalized spacial score (nSPS) is 14.0. The van der Waals surface area contributed by atoms with Crippen molar-refractivity contribution in [3.05, 3.63) is 57.1 Å². The molecule has 0 unspecified atom stereocenters. The average Bonchev–Trinajstić information content (AvgIpc) is 3.29. The number of rotatable bonds is 5. The van der Waals surface area contributed by atoms with E-state index in [2.05, 4.69) is 9.97 Å². The van der Waals surface area contributed by atoms with Gasteiger partial charge in [0, 0.05) is 30.6 Å². The minimum Gasteiger partial charge on any atom is -0.459 e. The van der Waals surface area contributed by atoms with Crippen LogP contribution in [0.2, 0.25) is 0 Å². The number of fused-ring (bicyclic) bond motifs is 1. The quantitative estimate of drug-likeness (QED) is 0.609. The van der Waals surface area contributed by atoms with Crippen LogP contribution in [0.5, 0.6) is 0 Å². The maximum atomic E-state index is 12.2. The average molecular weight is 398 g/mol. The van der Waals surface area contributed by atoms with Gasteiger partial charge < -0.3 is 4.74 Å². The SMILES string of the molecule is Cc1cccn2c(=O)cc(COC(=O)Cc3csc(N4CCCC4=O)n3)nc12. The van der Waals surface area contributed by atoms with E-state index in [1.54, 1.807) is 22.5 Å². The summed E-state index contributed by atoms with van der Waals surface area (Å²) in [5, 5.41) is 2.37. The Morgan fingerprint density at radius 3 is 2.93 bits per heavy atom. The van der Waals surface area contributed by atoms with E-state index in [0.717, 1.165) is 12.0 Å². The maximum absolute atomic E-state index is 12.2. The first-order valence-corrected chi connectivity index (χ1v) is 9.77. The molecule has 3 aromatic rings. The Labute approximate surface area is 164 Å². The third-order valence-electron chi connectivity index (χ3n) is 4.49. The molecule has 3 aromatic heterocycles. The summed E-state index contributed by atoms with van der Waals surface area (Å²) >= 11 is 1.34. The molecule has 0 aromatic carbocycles. The fourth-order valence-electron chi connectivity index (χ4n) is 3.09. The molecule has 28 heavy (non-hydrogen) atoms. The van der Waals surface area contributed by atoms with E-state index in [9.17, 15) is 14.4 Å². The molecule has 0 saturated carbocycles. The predicted octanol–water partition coefficient (Wildman–Crippen LogP) is 1.87. The van der Waals surface area contributed by atoms with Crippen molar-refractivity contribution in [2.45, 2.75) is 32.8 Å². The van der Waals surface area contributed by atoms with E-state index in [0.29, 0.717) is 35.1 Å². The molecule has 0 bridgehead atoms. The molecule has 4 heterocycles. The topological polar surface area (TPSA) is 93.9 Å². The minimum absolute atomic E-state index is 0.00409. The lowest BCUT2D eigenvalue weighted by molar-refractivity contribution is -0.144. The number of carbonyl (C=O) groups is 2. The first kappa shape index (κ1) is 18.3. The van der Waals surface area contributed by atoms with Gasteiger partial charge in [-0.2, -0.15) is 0 Å². The van der Waals surface area contributed by atoms with Crippen molar-refractivity contribution in [3.8, 4) is 0 Å². The highest BCUT2D eigenvalue weighted by Gasteiger charge is 2.24. The van der Waals surface area contributed by atoms with Gasteiger partial charge in [-0.15, -0.1) is 11.3 Å². The van der Waals surface area contributed by atoms with Crippen LogP contribution >= 0.6 is 11.3 Å². The molecule has 9 heteroatoms. The summed E-state index contributed by atoms with van der Waals surface area (Å²) in [6.07, 6.45) is 3.02. The van der Waals surface area contributed by atoms with Crippen LogP contribution in [0.1, 0.15) is 29.8 Å². The van der Waals surface area contributed by atoms with E-state index in [-0.39, 0.29) is 24.5 Å². The van der Waals surface area contributed by atoms with Crippen LogP contribution in [0.15, 0.2) is 34.6 Å². The molecule has 0 N–H and O–H groups in total. The first-order chi connectivity index (χ1) is 13.5. The molecule has 1 aliphatic heterocycles. The monoisotopic (exact) mass is 398 g/mol. The summed E-state index contributed by atoms with van der Waals surface area (Å²) in [5.74, 6) is -0.399. The molecule has 0 aliphatic carbocycles. The van der Waals surface area contributed by atoms with Crippen LogP contribution in [0.3, 0.4) is 0 Å². The number of carbonyl (C=O) groups excluding carboxylic acids is 2. The Bertz CT molecular complexity index is 1120. The van der Waals surface area contributed by atoms with Crippen LogP contribution < -0.4 is 10.5 Å². The van der Waals surface area contributed by atoms with E-state index < -0.39 is 5.97 Å². The number of aryl methyl sites for hydroxylation is 1. The summed E-state index contributed by atoms with van der Waals surface area (Å²) in [6, 6.07) is 5.01. The fourth-order valence-corrected chi connectivity index (χ4v) is 3.96. The highest BCUT2D eigenvalue weighted by molar-refractivity contribution is 7.14. The van der Waals surface area contributed by atoms with Crippen LogP contribution in [-0.4, -0.2) is 32.8 Å². The van der Waals surface area contributed by atoms with Gasteiger partial charge in [0.15, 0.2) is 5.13 Å². The number of esters is 1. The summed E-state index contributed by atoms with van der Waals surface area (Å²) in [4.78, 5) is 46.5. The van der Waals surface area contributed by atoms with Gasteiger partial charge in [0.05, 0.1) is 17.8 Å². The van der Waals surface area contributed by atoms with Gasteiger partial charge in [-0.05, 0) is 25.0 Å². The molecule has 0 radical (unpaired) electrons. The molecule has 0 spiro atoms. The first-order valence-electron chi connectivity index (χ1n) is 8.89. The molecular weight excluding hydrogens is 380 g/mol. The van der Waals surface area contributed by atoms with Crippen molar-refractivity contribution in [1.82, 2.24) is 14.4 Å². The number of hydrogen-bond donors (Lipinski definition) is 0. The second-order valence-corrected chi connectivity index (χ2v) is 7.41. The molecular formula is C19H18N4O4S. The number of pyridine rings is 1. The highest BCUT2D eigenvalue weighted by Crippen LogP contribution is 2.25. The van der Waals surface area contributed by atoms with E-state index >= 15 is 0 Å². The summed E-state index contributed by atoms with van der Waals surface area (Å²) in [7, 11) is 0. The standard InChI is InChI=1S/C19H18N4O4S/c1-12-4-2-6-22-16(25)8-13(20-18(12)22)10-27-17(26)9-14-11-28-19(21-14)23-7-3-5-15(23)24/h2,4,6,8,11H,3,5,7,9-10H2,1H3. The number of aromatic nitrogens is 3. The Morgan fingerprint density at radius 1 is 1.29 bits per heavy atom. The Morgan fingerprint density at radius 2 is 2.14 bits per heavy atom. The molecule has 144 valence electrons. The molecule has 1 saturated heterocycles. The van der Waals surface area contributed by atoms with Crippen LogP contribution in [-0.2, 0) is 27.4 Å². The zero-order chi connectivity index (χ0) is 19.7. The zero-order valence-electron chi connectivity index (χ0n) is 15.3. The number of ether oxygens (including phenoxy) is 1. The van der Waals surface area contributed by atoms with Crippen molar-refractivity contribution in [2.24, 2.45) is 0 Å². The third-order valence-corrected chi connectivity index (χ3v) is 5.40. The van der Waals surface area contributed by atoms with Crippen molar-refractivity contribution in [1.29, 1.82) is 0 Å². The minimum atomic E-state index is -0.462.